The van der Waals surface area contributed by atoms with Crippen molar-refractivity contribution in [2.75, 3.05) is 0 Å². The van der Waals surface area contributed by atoms with Gasteiger partial charge in [-0.15, -0.1) is 11.3 Å². The van der Waals surface area contributed by atoms with Gasteiger partial charge in [0.05, 0.1) is 5.69 Å². The van der Waals surface area contributed by atoms with E-state index in [1.165, 1.54) is 34.8 Å². The van der Waals surface area contributed by atoms with Crippen LogP contribution in [0.3, 0.4) is 0 Å². The maximum Gasteiger partial charge on any atom is 0.107 e. The fourth-order valence-electron chi connectivity index (χ4n) is 2.32. The second kappa shape index (κ2) is 4.36. The molecule has 0 saturated heterocycles. The molecule has 0 spiro atoms. The molecule has 17 heavy (non-hydrogen) atoms. The van der Waals surface area contributed by atoms with E-state index in [0.29, 0.717) is 0 Å². The second-order valence-electron chi connectivity index (χ2n) is 6.72. The van der Waals surface area contributed by atoms with Crippen LogP contribution >= 0.6 is 11.3 Å². The summed E-state index contributed by atoms with van der Waals surface area (Å²) in [7, 11) is 0. The summed E-state index contributed by atoms with van der Waals surface area (Å²) in [5.74, 6) is 0. The smallest absolute Gasteiger partial charge is 0.107 e. The monoisotopic (exact) mass is 252 g/mol. The van der Waals surface area contributed by atoms with Crippen LogP contribution in [0.15, 0.2) is 0 Å². The molecule has 3 heteroatoms. The lowest BCUT2D eigenvalue weighted by atomic mass is 9.79. The first kappa shape index (κ1) is 13.0. The second-order valence-corrected chi connectivity index (χ2v) is 7.89. The first-order valence-corrected chi connectivity index (χ1v) is 7.34. The van der Waals surface area contributed by atoms with Crippen LogP contribution in [-0.4, -0.2) is 10.5 Å². The van der Waals surface area contributed by atoms with Crippen molar-refractivity contribution in [1.82, 2.24) is 10.3 Å². The van der Waals surface area contributed by atoms with Crippen LogP contribution in [0, 0.1) is 0 Å². The van der Waals surface area contributed by atoms with Gasteiger partial charge in [0.1, 0.15) is 5.01 Å². The number of thiazole rings is 1. The Balaban J connectivity index is 2.15. The molecule has 0 aromatic carbocycles. The predicted molar refractivity (Wildman–Crippen MR) is 74.7 cm³/mol. The van der Waals surface area contributed by atoms with Crippen molar-refractivity contribution in [2.24, 2.45) is 0 Å². The van der Waals surface area contributed by atoms with Crippen LogP contribution in [0.4, 0.5) is 0 Å². The summed E-state index contributed by atoms with van der Waals surface area (Å²) in [6.07, 6.45) is 3.82. The zero-order valence-electron chi connectivity index (χ0n) is 11.7. The summed E-state index contributed by atoms with van der Waals surface area (Å²) >= 11 is 1.90. The summed E-state index contributed by atoms with van der Waals surface area (Å²) in [4.78, 5) is 6.38. The maximum atomic E-state index is 4.86. The van der Waals surface area contributed by atoms with Gasteiger partial charge in [0.15, 0.2) is 0 Å². The summed E-state index contributed by atoms with van der Waals surface area (Å²) in [5.41, 5.74) is 1.81. The van der Waals surface area contributed by atoms with Gasteiger partial charge in [-0.1, -0.05) is 13.8 Å². The number of hydrogen-bond acceptors (Lipinski definition) is 3. The molecule has 0 aliphatic heterocycles. The van der Waals surface area contributed by atoms with E-state index in [1.54, 1.807) is 0 Å². The minimum atomic E-state index is 0.168. The van der Waals surface area contributed by atoms with Crippen molar-refractivity contribution in [3.8, 4) is 0 Å². The Bertz CT molecular complexity index is 399. The van der Waals surface area contributed by atoms with Crippen molar-refractivity contribution >= 4 is 11.3 Å². The molecule has 1 aliphatic carbocycles. The van der Waals surface area contributed by atoms with Crippen LogP contribution in [0.2, 0.25) is 0 Å². The number of nitrogens with one attached hydrogen (secondary N) is 1. The van der Waals surface area contributed by atoms with Gasteiger partial charge in [-0.05, 0) is 40.0 Å². The van der Waals surface area contributed by atoms with E-state index in [9.17, 15) is 0 Å². The Morgan fingerprint density at radius 1 is 1.35 bits per heavy atom. The molecule has 96 valence electrons. The van der Waals surface area contributed by atoms with Crippen molar-refractivity contribution in [3.63, 3.8) is 0 Å². The van der Waals surface area contributed by atoms with E-state index in [-0.39, 0.29) is 11.0 Å². The minimum absolute atomic E-state index is 0.168. The quantitative estimate of drug-likeness (QED) is 0.869. The van der Waals surface area contributed by atoms with Gasteiger partial charge in [0.2, 0.25) is 0 Å². The molecule has 0 fully saturated rings. The number of hydrogen-bond donors (Lipinski definition) is 1. The third-order valence-electron chi connectivity index (χ3n) is 3.36. The average molecular weight is 252 g/mol. The van der Waals surface area contributed by atoms with Crippen LogP contribution in [0.1, 0.15) is 63.0 Å². The third-order valence-corrected chi connectivity index (χ3v) is 4.47. The molecule has 1 aliphatic rings. The highest BCUT2D eigenvalue weighted by Gasteiger charge is 2.31. The first-order chi connectivity index (χ1) is 7.78. The lowest BCUT2D eigenvalue weighted by Crippen LogP contribution is -2.35. The highest BCUT2D eigenvalue weighted by molar-refractivity contribution is 7.11. The van der Waals surface area contributed by atoms with Gasteiger partial charge in [-0.25, -0.2) is 4.98 Å². The zero-order chi connectivity index (χ0) is 12.7. The lowest BCUT2D eigenvalue weighted by molar-refractivity contribution is 0.414. The van der Waals surface area contributed by atoms with Gasteiger partial charge in [-0.3, -0.25) is 0 Å². The predicted octanol–water partition coefficient (Wildman–Crippen LogP) is 3.65. The molecule has 1 heterocycles. The van der Waals surface area contributed by atoms with Gasteiger partial charge in [0, 0.05) is 22.4 Å². The third kappa shape index (κ3) is 3.08. The van der Waals surface area contributed by atoms with E-state index in [4.69, 9.17) is 4.98 Å². The van der Waals surface area contributed by atoms with Crippen molar-refractivity contribution < 1.29 is 0 Å². The Labute approximate surface area is 109 Å². The molecule has 0 saturated carbocycles. The van der Waals surface area contributed by atoms with Gasteiger partial charge in [-0.2, -0.15) is 0 Å². The van der Waals surface area contributed by atoms with E-state index >= 15 is 0 Å². The van der Waals surface area contributed by atoms with E-state index < -0.39 is 0 Å². The van der Waals surface area contributed by atoms with Gasteiger partial charge >= 0.3 is 0 Å². The highest BCUT2D eigenvalue weighted by atomic mass is 32.1. The van der Waals surface area contributed by atoms with E-state index in [1.807, 2.05) is 11.3 Å². The van der Waals surface area contributed by atoms with Crippen LogP contribution in [-0.2, 0) is 18.4 Å². The van der Waals surface area contributed by atoms with E-state index in [0.717, 1.165) is 6.54 Å². The molecule has 0 atom stereocenters. The molecule has 1 N–H and O–H groups in total. The fraction of sp³-hybridized carbons (Fsp3) is 0.786. The summed E-state index contributed by atoms with van der Waals surface area (Å²) in [5, 5.41) is 4.77. The number of aryl methyl sites for hydroxylation is 1. The zero-order valence-corrected chi connectivity index (χ0v) is 12.5. The molecule has 0 bridgehead atoms. The topological polar surface area (TPSA) is 24.9 Å². The molecule has 0 amide bonds. The standard InChI is InChI=1S/C14H24N2S/c1-13(2,3)15-9-11-16-12-10(17-11)7-6-8-14(12,4)5/h15H,6-9H2,1-5H3. The molecule has 2 rings (SSSR count). The summed E-state index contributed by atoms with van der Waals surface area (Å²) in [6, 6.07) is 0. The molecule has 1 aromatic rings. The Kier molecular flexibility index (Phi) is 3.34. The number of fused-ring (bicyclic) bond motifs is 1. The number of rotatable bonds is 2. The van der Waals surface area contributed by atoms with Gasteiger partial charge < -0.3 is 5.32 Å². The highest BCUT2D eigenvalue weighted by Crippen LogP contribution is 2.38. The molecule has 2 nitrogen and oxygen atoms in total. The Morgan fingerprint density at radius 3 is 2.65 bits per heavy atom. The van der Waals surface area contributed by atoms with Crippen LogP contribution < -0.4 is 5.32 Å². The van der Waals surface area contributed by atoms with Crippen molar-refractivity contribution in [1.29, 1.82) is 0 Å². The van der Waals surface area contributed by atoms with Crippen molar-refractivity contribution in [3.05, 3.63) is 15.6 Å². The number of aromatic nitrogens is 1. The summed E-state index contributed by atoms with van der Waals surface area (Å²) in [6.45, 7) is 12.1. The summed E-state index contributed by atoms with van der Waals surface area (Å²) < 4.78 is 0. The minimum Gasteiger partial charge on any atom is -0.306 e. The molecule has 1 aromatic heterocycles. The molecule has 0 unspecified atom stereocenters. The lowest BCUT2D eigenvalue weighted by Gasteiger charge is -2.28. The molecule has 0 radical (unpaired) electrons. The van der Waals surface area contributed by atoms with E-state index in [2.05, 4.69) is 39.9 Å². The normalized spacial score (nSPS) is 19.1. The fourth-order valence-corrected chi connectivity index (χ4v) is 3.55. The first-order valence-electron chi connectivity index (χ1n) is 6.52. The van der Waals surface area contributed by atoms with Crippen molar-refractivity contribution in [2.45, 2.75) is 71.4 Å². The average Bonchev–Trinajstić information content (AvgIpc) is 2.58. The van der Waals surface area contributed by atoms with Crippen LogP contribution in [0.5, 0.6) is 0 Å². The molecular weight excluding hydrogens is 228 g/mol. The molecular formula is C14H24N2S. The Hall–Kier alpha value is -0.410. The Morgan fingerprint density at radius 2 is 2.06 bits per heavy atom. The SMILES string of the molecule is CC(C)(C)NCc1nc2c(s1)CCCC2(C)C. The largest absolute Gasteiger partial charge is 0.306 e. The van der Waals surface area contributed by atoms with Gasteiger partial charge in [0.25, 0.3) is 0 Å². The number of nitrogens with zero attached hydrogens (tertiary/aromatic N) is 1. The maximum absolute atomic E-state index is 4.86. The van der Waals surface area contributed by atoms with Crippen LogP contribution in [0.25, 0.3) is 0 Å².